The van der Waals surface area contributed by atoms with Crippen molar-refractivity contribution >= 4 is 33.2 Å². The molecule has 0 fully saturated rings. The SMILES string of the molecule is CN(C)S(=O)(=O)c1cccc(C(=O)NNC(=O)CCCc2cccs2)c1. The molecule has 0 bridgehead atoms. The van der Waals surface area contributed by atoms with Gasteiger partial charge in [-0.25, -0.2) is 12.7 Å². The standard InChI is InChI=1S/C17H21N3O4S2/c1-20(2)26(23,24)15-9-3-6-13(12-15)17(22)19-18-16(21)10-4-7-14-8-5-11-25-14/h3,5-6,8-9,11-12H,4,7,10H2,1-2H3,(H,18,21)(H,19,22). The Morgan fingerprint density at radius 3 is 2.54 bits per heavy atom. The van der Waals surface area contributed by atoms with Crippen LogP contribution in [0, 0.1) is 0 Å². The van der Waals surface area contributed by atoms with Crippen molar-refractivity contribution in [2.45, 2.75) is 24.2 Å². The lowest BCUT2D eigenvalue weighted by Gasteiger charge is -2.12. The molecule has 7 nitrogen and oxygen atoms in total. The van der Waals surface area contributed by atoms with Crippen LogP contribution in [0.2, 0.25) is 0 Å². The molecule has 1 aromatic carbocycles. The van der Waals surface area contributed by atoms with E-state index < -0.39 is 15.9 Å². The number of carbonyl (C=O) groups excluding carboxylic acids is 2. The largest absolute Gasteiger partial charge is 0.273 e. The molecule has 0 aliphatic rings. The molecule has 2 N–H and O–H groups in total. The number of carbonyl (C=O) groups is 2. The van der Waals surface area contributed by atoms with E-state index in [1.165, 1.54) is 43.2 Å². The fraction of sp³-hybridized carbons (Fsp3) is 0.294. The summed E-state index contributed by atoms with van der Waals surface area (Å²) < 4.78 is 25.3. The quantitative estimate of drug-likeness (QED) is 0.699. The van der Waals surface area contributed by atoms with Crippen molar-refractivity contribution in [2.24, 2.45) is 0 Å². The van der Waals surface area contributed by atoms with Gasteiger partial charge in [-0.1, -0.05) is 12.1 Å². The highest BCUT2D eigenvalue weighted by molar-refractivity contribution is 7.89. The first kappa shape index (κ1) is 20.1. The summed E-state index contributed by atoms with van der Waals surface area (Å²) in [5.41, 5.74) is 4.80. The van der Waals surface area contributed by atoms with Gasteiger partial charge in [-0.3, -0.25) is 20.4 Å². The zero-order chi connectivity index (χ0) is 19.2. The number of sulfonamides is 1. The third-order valence-electron chi connectivity index (χ3n) is 3.60. The van der Waals surface area contributed by atoms with E-state index in [0.29, 0.717) is 6.42 Å². The molecular weight excluding hydrogens is 374 g/mol. The highest BCUT2D eigenvalue weighted by atomic mass is 32.2. The minimum Gasteiger partial charge on any atom is -0.273 e. The predicted molar refractivity (Wildman–Crippen MR) is 100 cm³/mol. The first-order valence-corrected chi connectivity index (χ1v) is 10.3. The number of benzene rings is 1. The van der Waals surface area contributed by atoms with Crippen LogP contribution in [-0.2, 0) is 21.2 Å². The highest BCUT2D eigenvalue weighted by Gasteiger charge is 2.18. The maximum Gasteiger partial charge on any atom is 0.269 e. The Labute approximate surface area is 157 Å². The topological polar surface area (TPSA) is 95.6 Å². The average Bonchev–Trinajstić information content (AvgIpc) is 3.13. The van der Waals surface area contributed by atoms with E-state index in [9.17, 15) is 18.0 Å². The number of hydrogen-bond acceptors (Lipinski definition) is 5. The van der Waals surface area contributed by atoms with Crippen molar-refractivity contribution in [2.75, 3.05) is 14.1 Å². The van der Waals surface area contributed by atoms with E-state index in [-0.39, 0.29) is 22.8 Å². The fourth-order valence-electron chi connectivity index (χ4n) is 2.15. The van der Waals surface area contributed by atoms with Crippen molar-refractivity contribution in [3.63, 3.8) is 0 Å². The predicted octanol–water partition coefficient (Wildman–Crippen LogP) is 1.78. The van der Waals surface area contributed by atoms with Crippen molar-refractivity contribution in [3.05, 3.63) is 52.2 Å². The second kappa shape index (κ2) is 8.93. The molecule has 0 atom stereocenters. The van der Waals surface area contributed by atoms with Gasteiger partial charge in [0, 0.05) is 31.0 Å². The molecule has 2 aromatic rings. The summed E-state index contributed by atoms with van der Waals surface area (Å²) >= 11 is 1.64. The second-order valence-corrected chi connectivity index (χ2v) is 8.93. The first-order chi connectivity index (χ1) is 12.3. The summed E-state index contributed by atoms with van der Waals surface area (Å²) in [7, 11) is -0.800. The molecule has 0 aliphatic carbocycles. The fourth-order valence-corrected chi connectivity index (χ4v) is 3.85. The average molecular weight is 396 g/mol. The summed E-state index contributed by atoms with van der Waals surface area (Å²) in [5.74, 6) is -0.876. The summed E-state index contributed by atoms with van der Waals surface area (Å²) in [6.07, 6.45) is 1.77. The molecule has 140 valence electrons. The van der Waals surface area contributed by atoms with Crippen LogP contribution < -0.4 is 10.9 Å². The first-order valence-electron chi connectivity index (χ1n) is 7.95. The monoisotopic (exact) mass is 395 g/mol. The molecule has 0 saturated heterocycles. The number of hydrazine groups is 1. The van der Waals surface area contributed by atoms with E-state index in [1.807, 2.05) is 17.5 Å². The van der Waals surface area contributed by atoms with E-state index in [4.69, 9.17) is 0 Å². The number of amides is 2. The molecule has 26 heavy (non-hydrogen) atoms. The van der Waals surface area contributed by atoms with Crippen LogP contribution in [0.3, 0.4) is 0 Å². The normalized spacial score (nSPS) is 11.3. The number of rotatable bonds is 7. The van der Waals surface area contributed by atoms with Gasteiger partial charge >= 0.3 is 0 Å². The molecule has 0 saturated carbocycles. The van der Waals surface area contributed by atoms with Gasteiger partial charge in [0.25, 0.3) is 5.91 Å². The third kappa shape index (κ3) is 5.38. The highest BCUT2D eigenvalue weighted by Crippen LogP contribution is 2.15. The van der Waals surface area contributed by atoms with E-state index >= 15 is 0 Å². The summed E-state index contributed by atoms with van der Waals surface area (Å²) in [6, 6.07) is 9.62. The lowest BCUT2D eigenvalue weighted by molar-refractivity contribution is -0.121. The maximum absolute atomic E-state index is 12.1. The Morgan fingerprint density at radius 2 is 1.88 bits per heavy atom. The van der Waals surface area contributed by atoms with Crippen LogP contribution in [0.25, 0.3) is 0 Å². The Bertz CT molecular complexity index is 862. The van der Waals surface area contributed by atoms with Gasteiger partial charge < -0.3 is 0 Å². The lowest BCUT2D eigenvalue weighted by Crippen LogP contribution is -2.41. The molecule has 0 aliphatic heterocycles. The van der Waals surface area contributed by atoms with E-state index in [0.717, 1.165) is 10.7 Å². The molecule has 2 rings (SSSR count). The third-order valence-corrected chi connectivity index (χ3v) is 6.34. The summed E-state index contributed by atoms with van der Waals surface area (Å²) in [5, 5.41) is 1.99. The summed E-state index contributed by atoms with van der Waals surface area (Å²) in [6.45, 7) is 0. The van der Waals surface area contributed by atoms with Gasteiger partial charge in [-0.2, -0.15) is 0 Å². The van der Waals surface area contributed by atoms with Crippen molar-refractivity contribution in [3.8, 4) is 0 Å². The number of aryl methyl sites for hydroxylation is 1. The van der Waals surface area contributed by atoms with Crippen LogP contribution in [0.5, 0.6) is 0 Å². The molecule has 0 unspecified atom stereocenters. The van der Waals surface area contributed by atoms with Crippen LogP contribution in [0.1, 0.15) is 28.1 Å². The number of hydrogen-bond donors (Lipinski definition) is 2. The molecular formula is C17H21N3O4S2. The van der Waals surface area contributed by atoms with E-state index in [2.05, 4.69) is 10.9 Å². The van der Waals surface area contributed by atoms with Gasteiger partial charge in [0.1, 0.15) is 0 Å². The minimum absolute atomic E-state index is 0.0115. The lowest BCUT2D eigenvalue weighted by atomic mass is 10.2. The minimum atomic E-state index is -3.63. The zero-order valence-corrected chi connectivity index (χ0v) is 16.2. The molecule has 2 amide bonds. The Hall–Kier alpha value is -2.23. The van der Waals surface area contributed by atoms with Crippen LogP contribution in [0.4, 0.5) is 0 Å². The molecule has 1 aromatic heterocycles. The van der Waals surface area contributed by atoms with Gasteiger partial charge in [0.2, 0.25) is 15.9 Å². The van der Waals surface area contributed by atoms with Gasteiger partial charge in [0.15, 0.2) is 0 Å². The van der Waals surface area contributed by atoms with Gasteiger partial charge in [-0.05, 0) is 42.5 Å². The number of nitrogens with zero attached hydrogens (tertiary/aromatic N) is 1. The zero-order valence-electron chi connectivity index (χ0n) is 14.6. The molecule has 1 heterocycles. The smallest absolute Gasteiger partial charge is 0.269 e. The molecule has 0 spiro atoms. The van der Waals surface area contributed by atoms with Crippen molar-refractivity contribution in [1.29, 1.82) is 0 Å². The van der Waals surface area contributed by atoms with Crippen LogP contribution >= 0.6 is 11.3 Å². The van der Waals surface area contributed by atoms with Crippen LogP contribution in [-0.4, -0.2) is 38.6 Å². The Morgan fingerprint density at radius 1 is 1.12 bits per heavy atom. The van der Waals surface area contributed by atoms with E-state index in [1.54, 1.807) is 11.3 Å². The van der Waals surface area contributed by atoms with Gasteiger partial charge in [0.05, 0.1) is 4.90 Å². The summed E-state index contributed by atoms with van der Waals surface area (Å²) in [4.78, 5) is 25.1. The van der Waals surface area contributed by atoms with Crippen LogP contribution in [0.15, 0.2) is 46.7 Å². The molecule has 0 radical (unpaired) electrons. The Kier molecular flexibility index (Phi) is 6.90. The van der Waals surface area contributed by atoms with Gasteiger partial charge in [-0.15, -0.1) is 11.3 Å². The number of thiophene rings is 1. The Balaban J connectivity index is 1.86. The number of nitrogens with one attached hydrogen (secondary N) is 2. The second-order valence-electron chi connectivity index (χ2n) is 5.75. The van der Waals surface area contributed by atoms with Crippen molar-refractivity contribution < 1.29 is 18.0 Å². The van der Waals surface area contributed by atoms with Crippen molar-refractivity contribution in [1.82, 2.24) is 15.2 Å². The maximum atomic E-state index is 12.1. The molecule has 9 heteroatoms.